The maximum atomic E-state index is 5.87. The first-order valence-electron chi connectivity index (χ1n) is 8.07. The van der Waals surface area contributed by atoms with E-state index in [1.807, 2.05) is 0 Å². The minimum atomic E-state index is -0.0215. The van der Waals surface area contributed by atoms with Crippen molar-refractivity contribution in [3.8, 4) is 5.88 Å². The molecule has 0 spiro atoms. The van der Waals surface area contributed by atoms with Crippen molar-refractivity contribution in [3.05, 3.63) is 30.2 Å². The number of hydrogen-bond donors (Lipinski definition) is 1. The van der Waals surface area contributed by atoms with Crippen molar-refractivity contribution < 1.29 is 4.74 Å². The fourth-order valence-corrected chi connectivity index (χ4v) is 2.62. The summed E-state index contributed by atoms with van der Waals surface area (Å²) in [7, 11) is 0. The van der Waals surface area contributed by atoms with Crippen LogP contribution in [0.4, 0.5) is 0 Å². The highest BCUT2D eigenvalue weighted by Gasteiger charge is 2.23. The summed E-state index contributed by atoms with van der Waals surface area (Å²) in [6, 6.07) is 0. The van der Waals surface area contributed by atoms with Crippen molar-refractivity contribution in [2.75, 3.05) is 13.1 Å². The van der Waals surface area contributed by atoms with Crippen molar-refractivity contribution in [1.82, 2.24) is 30.0 Å². The smallest absolute Gasteiger partial charge is 0.232 e. The Morgan fingerprint density at radius 2 is 2.04 bits per heavy atom. The second-order valence-electron chi connectivity index (χ2n) is 6.99. The molecule has 0 amide bonds. The fourth-order valence-electron chi connectivity index (χ4n) is 2.62. The zero-order valence-electron chi connectivity index (χ0n) is 14.0. The standard InChI is InChI=1S/C16H24N6O/c1-16(2,3)15-19-13(20-21-15)11-22-8-4-12(5-9-22)23-14-10-17-6-7-18-14/h6-7,10,12H,4-5,8-9,11H2,1-3H3,(H,19,20,21). The zero-order valence-corrected chi connectivity index (χ0v) is 14.0. The monoisotopic (exact) mass is 316 g/mol. The molecule has 0 bridgehead atoms. The lowest BCUT2D eigenvalue weighted by Crippen LogP contribution is -2.38. The lowest BCUT2D eigenvalue weighted by molar-refractivity contribution is 0.0915. The van der Waals surface area contributed by atoms with Gasteiger partial charge in [0.1, 0.15) is 11.9 Å². The SMILES string of the molecule is CC(C)(C)c1n[nH]c(CN2CCC(Oc3cnccn3)CC2)n1. The molecule has 1 saturated heterocycles. The molecule has 0 aliphatic carbocycles. The summed E-state index contributed by atoms with van der Waals surface area (Å²) in [5, 5.41) is 7.38. The first-order chi connectivity index (χ1) is 11.0. The van der Waals surface area contributed by atoms with E-state index in [-0.39, 0.29) is 11.5 Å². The summed E-state index contributed by atoms with van der Waals surface area (Å²) < 4.78 is 5.87. The first-order valence-corrected chi connectivity index (χ1v) is 8.07. The maximum absolute atomic E-state index is 5.87. The molecule has 0 aromatic carbocycles. The van der Waals surface area contributed by atoms with E-state index in [0.29, 0.717) is 5.88 Å². The van der Waals surface area contributed by atoms with E-state index in [0.717, 1.165) is 44.1 Å². The third kappa shape index (κ3) is 4.25. The van der Waals surface area contributed by atoms with Gasteiger partial charge in [-0.05, 0) is 12.8 Å². The Kier molecular flexibility index (Phi) is 4.56. The molecule has 1 aliphatic rings. The van der Waals surface area contributed by atoms with Gasteiger partial charge in [0.2, 0.25) is 5.88 Å². The number of likely N-dealkylation sites (tertiary alicyclic amines) is 1. The van der Waals surface area contributed by atoms with Gasteiger partial charge >= 0.3 is 0 Å². The van der Waals surface area contributed by atoms with Crippen LogP contribution < -0.4 is 4.74 Å². The van der Waals surface area contributed by atoms with Gasteiger partial charge in [0.25, 0.3) is 0 Å². The van der Waals surface area contributed by atoms with E-state index in [1.54, 1.807) is 18.6 Å². The quantitative estimate of drug-likeness (QED) is 0.928. The zero-order chi connectivity index (χ0) is 16.3. The number of aromatic amines is 1. The van der Waals surface area contributed by atoms with Crippen molar-refractivity contribution in [2.24, 2.45) is 0 Å². The van der Waals surface area contributed by atoms with Crippen LogP contribution >= 0.6 is 0 Å². The van der Waals surface area contributed by atoms with Crippen LogP contribution in [0.3, 0.4) is 0 Å². The number of nitrogens with one attached hydrogen (secondary N) is 1. The van der Waals surface area contributed by atoms with Crippen molar-refractivity contribution in [2.45, 2.75) is 51.7 Å². The molecule has 0 unspecified atom stereocenters. The summed E-state index contributed by atoms with van der Waals surface area (Å²) >= 11 is 0. The Labute approximate surface area is 136 Å². The van der Waals surface area contributed by atoms with Crippen molar-refractivity contribution >= 4 is 0 Å². The molecule has 2 aromatic heterocycles. The van der Waals surface area contributed by atoms with Gasteiger partial charge in [-0.1, -0.05) is 20.8 Å². The summed E-state index contributed by atoms with van der Waals surface area (Å²) in [5.41, 5.74) is -0.0215. The third-order valence-corrected chi connectivity index (χ3v) is 3.94. The van der Waals surface area contributed by atoms with Crippen LogP contribution in [0.15, 0.2) is 18.6 Å². The number of ether oxygens (including phenoxy) is 1. The van der Waals surface area contributed by atoms with Crippen LogP contribution in [0.5, 0.6) is 5.88 Å². The molecule has 3 rings (SSSR count). The second-order valence-corrected chi connectivity index (χ2v) is 6.99. The lowest BCUT2D eigenvalue weighted by atomic mass is 9.96. The molecular weight excluding hydrogens is 292 g/mol. The topological polar surface area (TPSA) is 79.8 Å². The minimum Gasteiger partial charge on any atom is -0.473 e. The predicted molar refractivity (Wildman–Crippen MR) is 86.0 cm³/mol. The number of H-pyrrole nitrogens is 1. The van der Waals surface area contributed by atoms with Crippen LogP contribution in [0, 0.1) is 0 Å². The average Bonchev–Trinajstić information content (AvgIpc) is 2.99. The molecule has 124 valence electrons. The number of nitrogens with zero attached hydrogens (tertiary/aromatic N) is 5. The Morgan fingerprint density at radius 3 is 2.65 bits per heavy atom. The highest BCUT2D eigenvalue weighted by molar-refractivity contribution is 5.03. The molecule has 1 N–H and O–H groups in total. The number of aromatic nitrogens is 5. The van der Waals surface area contributed by atoms with E-state index in [2.05, 4.69) is 50.8 Å². The third-order valence-electron chi connectivity index (χ3n) is 3.94. The van der Waals surface area contributed by atoms with Gasteiger partial charge in [0.15, 0.2) is 5.82 Å². The molecule has 7 heteroatoms. The largest absolute Gasteiger partial charge is 0.473 e. The molecular formula is C16H24N6O. The maximum Gasteiger partial charge on any atom is 0.232 e. The van der Waals surface area contributed by atoms with Gasteiger partial charge in [0.05, 0.1) is 12.7 Å². The molecule has 23 heavy (non-hydrogen) atoms. The van der Waals surface area contributed by atoms with E-state index < -0.39 is 0 Å². The van der Waals surface area contributed by atoms with E-state index >= 15 is 0 Å². The summed E-state index contributed by atoms with van der Waals surface area (Å²) in [4.78, 5) is 15.2. The van der Waals surface area contributed by atoms with Crippen LogP contribution in [0.2, 0.25) is 0 Å². The molecule has 2 aromatic rings. The van der Waals surface area contributed by atoms with Gasteiger partial charge in [-0.2, -0.15) is 5.10 Å². The summed E-state index contributed by atoms with van der Waals surface area (Å²) in [6.07, 6.45) is 7.14. The Hall–Kier alpha value is -2.02. The molecule has 0 radical (unpaired) electrons. The van der Waals surface area contributed by atoms with Crippen molar-refractivity contribution in [3.63, 3.8) is 0 Å². The lowest BCUT2D eigenvalue weighted by Gasteiger charge is -2.31. The molecule has 0 atom stereocenters. The van der Waals surface area contributed by atoms with Gasteiger partial charge in [-0.15, -0.1) is 0 Å². The molecule has 0 saturated carbocycles. The molecule has 3 heterocycles. The van der Waals surface area contributed by atoms with E-state index in [9.17, 15) is 0 Å². The Bertz CT molecular complexity index is 613. The van der Waals surface area contributed by atoms with Gasteiger partial charge in [-0.3, -0.25) is 15.0 Å². The summed E-state index contributed by atoms with van der Waals surface area (Å²) in [5.74, 6) is 2.41. The molecule has 1 fully saturated rings. The number of hydrogen-bond acceptors (Lipinski definition) is 6. The van der Waals surface area contributed by atoms with Gasteiger partial charge < -0.3 is 4.74 Å². The Morgan fingerprint density at radius 1 is 1.26 bits per heavy atom. The van der Waals surface area contributed by atoms with Crippen LogP contribution in [-0.2, 0) is 12.0 Å². The highest BCUT2D eigenvalue weighted by atomic mass is 16.5. The van der Waals surface area contributed by atoms with E-state index in [1.165, 1.54) is 0 Å². The van der Waals surface area contributed by atoms with E-state index in [4.69, 9.17) is 4.74 Å². The summed E-state index contributed by atoms with van der Waals surface area (Å²) in [6.45, 7) is 9.13. The predicted octanol–water partition coefficient (Wildman–Crippen LogP) is 1.94. The van der Waals surface area contributed by atoms with Gasteiger partial charge in [-0.25, -0.2) is 9.97 Å². The molecule has 1 aliphatic heterocycles. The van der Waals surface area contributed by atoms with Gasteiger partial charge in [0, 0.05) is 30.9 Å². The Balaban J connectivity index is 1.48. The second kappa shape index (κ2) is 6.62. The number of rotatable bonds is 4. The normalized spacial score (nSPS) is 17.3. The fraction of sp³-hybridized carbons (Fsp3) is 0.625. The number of piperidine rings is 1. The highest BCUT2D eigenvalue weighted by Crippen LogP contribution is 2.20. The van der Waals surface area contributed by atoms with Crippen LogP contribution in [0.1, 0.15) is 45.3 Å². The van der Waals surface area contributed by atoms with Crippen LogP contribution in [-0.4, -0.2) is 49.2 Å². The first kappa shape index (κ1) is 15.9. The average molecular weight is 316 g/mol. The minimum absolute atomic E-state index is 0.0215. The van der Waals surface area contributed by atoms with Crippen molar-refractivity contribution in [1.29, 1.82) is 0 Å². The molecule has 7 nitrogen and oxygen atoms in total. The van der Waals surface area contributed by atoms with Crippen LogP contribution in [0.25, 0.3) is 0 Å².